The molecule has 2 atom stereocenters. The Bertz CT molecular complexity index is 256. The van der Waals surface area contributed by atoms with Gasteiger partial charge in [0.25, 0.3) is 0 Å². The van der Waals surface area contributed by atoms with Gasteiger partial charge in [-0.05, 0) is 27.2 Å². The van der Waals surface area contributed by atoms with E-state index in [0.29, 0.717) is 12.1 Å². The van der Waals surface area contributed by atoms with E-state index >= 15 is 0 Å². The molecule has 2 aliphatic heterocycles. The number of hydrogen-bond donors (Lipinski definition) is 1. The van der Waals surface area contributed by atoms with Crippen molar-refractivity contribution in [2.45, 2.75) is 44.9 Å². The van der Waals surface area contributed by atoms with Crippen LogP contribution in [0.15, 0.2) is 0 Å². The van der Waals surface area contributed by atoms with Crippen molar-refractivity contribution in [2.24, 2.45) is 0 Å². The Morgan fingerprint density at radius 2 is 2.00 bits per heavy atom. The molecule has 0 aliphatic carbocycles. The molecular weight excluding hydrogens is 244 g/mol. The van der Waals surface area contributed by atoms with Crippen molar-refractivity contribution in [2.75, 3.05) is 13.1 Å². The van der Waals surface area contributed by atoms with Gasteiger partial charge in [0.1, 0.15) is 5.60 Å². The van der Waals surface area contributed by atoms with Gasteiger partial charge in [-0.3, -0.25) is 0 Å². The summed E-state index contributed by atoms with van der Waals surface area (Å²) in [5.74, 6) is 0. The summed E-state index contributed by atoms with van der Waals surface area (Å²) in [4.78, 5) is 13.6. The molecule has 2 fully saturated rings. The minimum absolute atomic E-state index is 0. The summed E-state index contributed by atoms with van der Waals surface area (Å²) in [6.07, 6.45) is 0.922. The van der Waals surface area contributed by atoms with Gasteiger partial charge >= 0.3 is 6.09 Å². The topological polar surface area (TPSA) is 41.6 Å². The number of piperazine rings is 1. The number of nitrogens with zero attached hydrogens (tertiary/aromatic N) is 1. The largest absolute Gasteiger partial charge is 0.444 e. The highest BCUT2D eigenvalue weighted by atomic mass is 32.1. The number of carbonyl (C=O) groups is 1. The van der Waals surface area contributed by atoms with Gasteiger partial charge in [-0.1, -0.05) is 0 Å². The Morgan fingerprint density at radius 1 is 1.38 bits per heavy atom. The number of hydrogen-bond acceptors (Lipinski definition) is 3. The Balaban J connectivity index is 0.00000112. The van der Waals surface area contributed by atoms with Gasteiger partial charge in [-0.25, -0.2) is 4.79 Å². The molecule has 2 saturated heterocycles. The Kier molecular flexibility index (Phi) is 5.49. The van der Waals surface area contributed by atoms with E-state index in [2.05, 4.69) is 5.32 Å². The van der Waals surface area contributed by atoms with Crippen LogP contribution in [0.1, 0.15) is 27.2 Å². The summed E-state index contributed by atoms with van der Waals surface area (Å²) in [5, 5.41) is 3.35. The minimum atomic E-state index is -0.383. The number of carbonyl (C=O) groups excluding carboxylic acids is 1. The van der Waals surface area contributed by atoms with E-state index in [0.717, 1.165) is 19.5 Å². The van der Waals surface area contributed by atoms with Crippen molar-refractivity contribution in [3.8, 4) is 0 Å². The summed E-state index contributed by atoms with van der Waals surface area (Å²) in [7, 11) is 0. The molecule has 0 aromatic rings. The monoisotopic (exact) mass is 266 g/mol. The van der Waals surface area contributed by atoms with Crippen LogP contribution in [0.25, 0.3) is 0 Å². The van der Waals surface area contributed by atoms with Crippen molar-refractivity contribution in [1.29, 1.82) is 0 Å². The minimum Gasteiger partial charge on any atom is -0.444 e. The van der Waals surface area contributed by atoms with Gasteiger partial charge in [-0.2, -0.15) is 27.0 Å². The smallest absolute Gasteiger partial charge is 0.410 e. The van der Waals surface area contributed by atoms with Crippen LogP contribution in [0.3, 0.4) is 0 Å². The number of amides is 1. The van der Waals surface area contributed by atoms with E-state index < -0.39 is 0 Å². The predicted molar refractivity (Wildman–Crippen MR) is 73.9 cm³/mol. The normalized spacial score (nSPS) is 27.1. The van der Waals surface area contributed by atoms with Crippen LogP contribution < -0.4 is 5.32 Å². The zero-order valence-electron chi connectivity index (χ0n) is 10.0. The zero-order valence-corrected chi connectivity index (χ0v) is 12.0. The van der Waals surface area contributed by atoms with Crippen LogP contribution in [-0.4, -0.2) is 41.8 Å². The number of rotatable bonds is 0. The van der Waals surface area contributed by atoms with Crippen LogP contribution >= 0.6 is 27.0 Å². The molecule has 2 heterocycles. The standard InChI is InChI=1S/C10H18N2O2.2H2S/c1-10(2,3)14-9(13)12-6-7-4-8(12)5-11-7;;/h7-8,11H,4-6H2,1-3H3;2*1H2/t7-,8-;;/m0../s1. The summed E-state index contributed by atoms with van der Waals surface area (Å²) in [6.45, 7) is 7.43. The van der Waals surface area contributed by atoms with Gasteiger partial charge in [0.15, 0.2) is 0 Å². The lowest BCUT2D eigenvalue weighted by Crippen LogP contribution is -2.48. The molecule has 6 heteroatoms. The van der Waals surface area contributed by atoms with Crippen molar-refractivity contribution in [3.63, 3.8) is 0 Å². The molecule has 1 amide bonds. The molecular formula is C10H22N2O2S2. The molecule has 4 nitrogen and oxygen atoms in total. The number of fused-ring (bicyclic) bond motifs is 2. The fourth-order valence-electron chi connectivity index (χ4n) is 2.10. The van der Waals surface area contributed by atoms with Crippen molar-refractivity contribution in [1.82, 2.24) is 10.2 Å². The molecule has 0 saturated carbocycles. The zero-order chi connectivity index (χ0) is 10.3. The van der Waals surface area contributed by atoms with Crippen LogP contribution in [0.4, 0.5) is 4.79 Å². The van der Waals surface area contributed by atoms with Gasteiger partial charge < -0.3 is 15.0 Å². The fraction of sp³-hybridized carbons (Fsp3) is 0.900. The highest BCUT2D eigenvalue weighted by Crippen LogP contribution is 2.25. The second kappa shape index (κ2) is 5.51. The average molecular weight is 266 g/mol. The number of nitrogens with one attached hydrogen (secondary N) is 1. The van der Waals surface area contributed by atoms with E-state index in [1.807, 2.05) is 25.7 Å². The third-order valence-corrected chi connectivity index (χ3v) is 2.68. The summed E-state index contributed by atoms with van der Waals surface area (Å²) in [6, 6.07) is 0.849. The predicted octanol–water partition coefficient (Wildman–Crippen LogP) is 1.19. The second-order valence-electron chi connectivity index (χ2n) is 5.13. The molecule has 2 aliphatic rings. The first-order valence-corrected chi connectivity index (χ1v) is 5.19. The summed E-state index contributed by atoms with van der Waals surface area (Å²) < 4.78 is 5.33. The molecule has 0 radical (unpaired) electrons. The average Bonchev–Trinajstić information content (AvgIpc) is 2.59. The van der Waals surface area contributed by atoms with Crippen LogP contribution in [-0.2, 0) is 4.74 Å². The van der Waals surface area contributed by atoms with Gasteiger partial charge in [0.2, 0.25) is 0 Å². The third kappa shape index (κ3) is 3.46. The lowest BCUT2D eigenvalue weighted by Gasteiger charge is -2.30. The lowest BCUT2D eigenvalue weighted by atomic mass is 10.2. The first-order chi connectivity index (χ1) is 6.46. The second-order valence-corrected chi connectivity index (χ2v) is 5.13. The van der Waals surface area contributed by atoms with Crippen LogP contribution in [0.5, 0.6) is 0 Å². The van der Waals surface area contributed by atoms with E-state index in [-0.39, 0.29) is 38.7 Å². The first kappa shape index (κ1) is 15.9. The van der Waals surface area contributed by atoms with E-state index in [9.17, 15) is 4.79 Å². The van der Waals surface area contributed by atoms with Crippen molar-refractivity contribution < 1.29 is 9.53 Å². The van der Waals surface area contributed by atoms with E-state index in [1.165, 1.54) is 0 Å². The fourth-order valence-corrected chi connectivity index (χ4v) is 2.10. The van der Waals surface area contributed by atoms with Gasteiger partial charge in [0, 0.05) is 25.2 Å². The quantitative estimate of drug-likeness (QED) is 0.716. The molecule has 96 valence electrons. The number of likely N-dealkylation sites (tertiary alicyclic amines) is 1. The Hall–Kier alpha value is -0.0700. The molecule has 16 heavy (non-hydrogen) atoms. The summed E-state index contributed by atoms with van der Waals surface area (Å²) >= 11 is 0. The van der Waals surface area contributed by atoms with Crippen molar-refractivity contribution >= 4 is 33.1 Å². The Labute approximate surface area is 111 Å². The highest BCUT2D eigenvalue weighted by molar-refractivity contribution is 7.59. The van der Waals surface area contributed by atoms with Crippen LogP contribution in [0, 0.1) is 0 Å². The SMILES string of the molecule is CC(C)(C)OC(=O)N1C[C@@H]2C[C@H]1CN2.S.S. The first-order valence-electron chi connectivity index (χ1n) is 5.19. The lowest BCUT2D eigenvalue weighted by molar-refractivity contribution is 0.0204. The highest BCUT2D eigenvalue weighted by Gasteiger charge is 2.41. The van der Waals surface area contributed by atoms with Gasteiger partial charge in [0.05, 0.1) is 0 Å². The molecule has 0 aromatic carbocycles. The molecule has 0 aromatic heterocycles. The molecule has 0 spiro atoms. The maximum Gasteiger partial charge on any atom is 0.410 e. The molecule has 0 unspecified atom stereocenters. The summed E-state index contributed by atoms with van der Waals surface area (Å²) in [5.41, 5.74) is -0.383. The molecule has 2 rings (SSSR count). The Morgan fingerprint density at radius 3 is 2.38 bits per heavy atom. The van der Waals surface area contributed by atoms with Crippen LogP contribution in [0.2, 0.25) is 0 Å². The number of ether oxygens (including phenoxy) is 1. The maximum atomic E-state index is 11.7. The third-order valence-electron chi connectivity index (χ3n) is 2.68. The molecule has 1 N–H and O–H groups in total. The van der Waals surface area contributed by atoms with E-state index in [1.54, 1.807) is 0 Å². The van der Waals surface area contributed by atoms with Crippen molar-refractivity contribution in [3.05, 3.63) is 0 Å². The molecule has 2 bridgehead atoms. The van der Waals surface area contributed by atoms with E-state index in [4.69, 9.17) is 4.74 Å². The maximum absolute atomic E-state index is 11.7. The van der Waals surface area contributed by atoms with Gasteiger partial charge in [-0.15, -0.1) is 0 Å².